The molecule has 0 radical (unpaired) electrons. The van der Waals surface area contributed by atoms with Crippen LogP contribution in [0, 0.1) is 5.41 Å². The average Bonchev–Trinajstić information content (AvgIpc) is 3.10. The van der Waals surface area contributed by atoms with Crippen LogP contribution in [0.15, 0.2) is 34.8 Å². The summed E-state index contributed by atoms with van der Waals surface area (Å²) in [5.74, 6) is -1.31. The van der Waals surface area contributed by atoms with Gasteiger partial charge in [-0.15, -0.1) is 0 Å². The predicted molar refractivity (Wildman–Crippen MR) is 107 cm³/mol. The number of allylic oxidation sites excluding steroid dienone is 4. The van der Waals surface area contributed by atoms with Crippen molar-refractivity contribution < 1.29 is 28.4 Å². The topological polar surface area (TPSA) is 71.1 Å². The molecular weight excluding hydrogens is 359 g/mol. The summed E-state index contributed by atoms with van der Waals surface area (Å²) in [5.41, 5.74) is 0.677. The summed E-state index contributed by atoms with van der Waals surface area (Å²) >= 11 is 0. The Kier molecular flexibility index (Phi) is 6.03. The molecule has 1 saturated heterocycles. The van der Waals surface area contributed by atoms with Crippen molar-refractivity contribution in [2.45, 2.75) is 65.6 Å². The Morgan fingerprint density at radius 2 is 1.57 bits per heavy atom. The number of hydrogen-bond donors (Lipinski definition) is 0. The second-order valence-corrected chi connectivity index (χ2v) is 8.42. The molecule has 28 heavy (non-hydrogen) atoms. The van der Waals surface area contributed by atoms with Gasteiger partial charge in [0.1, 0.15) is 0 Å². The van der Waals surface area contributed by atoms with Gasteiger partial charge in [-0.25, -0.2) is 0 Å². The molecular formula is C21H31BO6. The lowest BCUT2D eigenvalue weighted by Gasteiger charge is -2.32. The highest BCUT2D eigenvalue weighted by atomic mass is 16.7. The van der Waals surface area contributed by atoms with E-state index >= 15 is 0 Å². The smallest absolute Gasteiger partial charge is 0.468 e. The van der Waals surface area contributed by atoms with Crippen molar-refractivity contribution in [2.24, 2.45) is 5.41 Å². The maximum absolute atomic E-state index is 12.6. The van der Waals surface area contributed by atoms with Crippen molar-refractivity contribution in [1.29, 1.82) is 0 Å². The van der Waals surface area contributed by atoms with Crippen LogP contribution in [0.1, 0.15) is 54.4 Å². The monoisotopic (exact) mass is 390 g/mol. The molecule has 154 valence electrons. The molecule has 1 aliphatic carbocycles. The van der Waals surface area contributed by atoms with E-state index in [4.69, 9.17) is 18.8 Å². The maximum atomic E-state index is 12.6. The van der Waals surface area contributed by atoms with E-state index in [2.05, 4.69) is 6.58 Å². The van der Waals surface area contributed by atoms with Gasteiger partial charge in [0, 0.05) is 6.42 Å². The standard InChI is InChI=1S/C21H31BO6/c1-10-16(22-27-19(4,5)20(6,7)28-22)15-12-21(17(23)25-8,18(24)26-9)11-14(15)13(2)3/h11H,2,10,12H2,1,3-9H3/b16-15+. The summed E-state index contributed by atoms with van der Waals surface area (Å²) in [4.78, 5) is 25.2. The van der Waals surface area contributed by atoms with Gasteiger partial charge in [0.25, 0.3) is 0 Å². The number of methoxy groups -OCH3 is 2. The third-order valence-corrected chi connectivity index (χ3v) is 6.04. The summed E-state index contributed by atoms with van der Waals surface area (Å²) in [6.07, 6.45) is 2.38. The van der Waals surface area contributed by atoms with E-state index in [0.29, 0.717) is 6.42 Å². The van der Waals surface area contributed by atoms with Crippen molar-refractivity contribution in [1.82, 2.24) is 0 Å². The molecule has 0 saturated carbocycles. The van der Waals surface area contributed by atoms with E-state index in [1.54, 1.807) is 6.08 Å². The largest absolute Gasteiger partial charge is 0.490 e. The molecule has 2 aliphatic rings. The van der Waals surface area contributed by atoms with Crippen molar-refractivity contribution >= 4 is 19.1 Å². The van der Waals surface area contributed by atoms with Gasteiger partial charge in [-0.05, 0) is 63.7 Å². The second kappa shape index (κ2) is 7.52. The summed E-state index contributed by atoms with van der Waals surface area (Å²) in [6, 6.07) is 0. The highest BCUT2D eigenvalue weighted by Crippen LogP contribution is 2.48. The van der Waals surface area contributed by atoms with Crippen LogP contribution in [0.5, 0.6) is 0 Å². The average molecular weight is 390 g/mol. The normalized spacial score (nSPS) is 23.9. The van der Waals surface area contributed by atoms with Crippen molar-refractivity contribution in [3.05, 3.63) is 34.8 Å². The van der Waals surface area contributed by atoms with Crippen LogP contribution in [-0.2, 0) is 28.4 Å². The number of carbonyl (C=O) groups excluding carboxylic acids is 2. The minimum Gasteiger partial charge on any atom is -0.468 e. The first-order valence-corrected chi connectivity index (χ1v) is 9.50. The Labute approximate surface area is 168 Å². The molecule has 0 aromatic carbocycles. The summed E-state index contributed by atoms with van der Waals surface area (Å²) in [5, 5.41) is 0. The van der Waals surface area contributed by atoms with E-state index in [-0.39, 0.29) is 6.42 Å². The van der Waals surface area contributed by atoms with Gasteiger partial charge < -0.3 is 18.8 Å². The zero-order valence-electron chi connectivity index (χ0n) is 18.2. The fourth-order valence-corrected chi connectivity index (χ4v) is 3.64. The van der Waals surface area contributed by atoms with E-state index in [9.17, 15) is 9.59 Å². The van der Waals surface area contributed by atoms with E-state index < -0.39 is 35.7 Å². The van der Waals surface area contributed by atoms with Crippen LogP contribution in [-0.4, -0.2) is 44.5 Å². The molecule has 0 aromatic rings. The molecule has 0 N–H and O–H groups in total. The molecule has 2 rings (SSSR count). The van der Waals surface area contributed by atoms with Gasteiger partial charge >= 0.3 is 19.1 Å². The number of carbonyl (C=O) groups is 2. The first-order valence-electron chi connectivity index (χ1n) is 9.50. The van der Waals surface area contributed by atoms with Crippen LogP contribution >= 0.6 is 0 Å². The lowest BCUT2D eigenvalue weighted by Crippen LogP contribution is -2.41. The molecule has 0 amide bonds. The fourth-order valence-electron chi connectivity index (χ4n) is 3.64. The van der Waals surface area contributed by atoms with Crippen molar-refractivity contribution in [3.8, 4) is 0 Å². The molecule has 0 bridgehead atoms. The molecule has 1 fully saturated rings. The summed E-state index contributed by atoms with van der Waals surface area (Å²) in [6.45, 7) is 15.8. The van der Waals surface area contributed by atoms with Gasteiger partial charge in [-0.3, -0.25) is 9.59 Å². The van der Waals surface area contributed by atoms with Crippen LogP contribution < -0.4 is 0 Å². The number of esters is 2. The van der Waals surface area contributed by atoms with Crippen molar-refractivity contribution in [2.75, 3.05) is 14.2 Å². The molecule has 0 spiro atoms. The van der Waals surface area contributed by atoms with E-state index in [1.165, 1.54) is 14.2 Å². The molecule has 0 unspecified atom stereocenters. The second-order valence-electron chi connectivity index (χ2n) is 8.42. The summed E-state index contributed by atoms with van der Waals surface area (Å²) < 4.78 is 22.3. The third-order valence-electron chi connectivity index (χ3n) is 6.04. The molecule has 0 atom stereocenters. The number of ether oxygens (including phenoxy) is 2. The summed E-state index contributed by atoms with van der Waals surface area (Å²) in [7, 11) is 1.95. The minimum atomic E-state index is -1.53. The molecule has 1 aliphatic heterocycles. The number of hydrogen-bond acceptors (Lipinski definition) is 6. The lowest BCUT2D eigenvalue weighted by atomic mass is 9.71. The zero-order chi connectivity index (χ0) is 21.5. The Morgan fingerprint density at radius 3 is 1.93 bits per heavy atom. The van der Waals surface area contributed by atoms with Gasteiger partial charge in [0.2, 0.25) is 0 Å². The molecule has 7 heteroatoms. The Morgan fingerprint density at radius 1 is 1.11 bits per heavy atom. The third kappa shape index (κ3) is 3.46. The van der Waals surface area contributed by atoms with Gasteiger partial charge in [-0.1, -0.05) is 19.1 Å². The molecule has 1 heterocycles. The van der Waals surface area contributed by atoms with E-state index in [1.807, 2.05) is 41.5 Å². The Balaban J connectivity index is 2.62. The van der Waals surface area contributed by atoms with Crippen molar-refractivity contribution in [3.63, 3.8) is 0 Å². The Hall–Kier alpha value is -1.86. The van der Waals surface area contributed by atoms with Gasteiger partial charge in [0.15, 0.2) is 5.41 Å². The van der Waals surface area contributed by atoms with Crippen LogP contribution in [0.25, 0.3) is 0 Å². The molecule has 6 nitrogen and oxygen atoms in total. The fraction of sp³-hybridized carbons (Fsp3) is 0.619. The van der Waals surface area contributed by atoms with Crippen LogP contribution in [0.3, 0.4) is 0 Å². The zero-order valence-corrected chi connectivity index (χ0v) is 18.2. The number of rotatable bonds is 5. The minimum absolute atomic E-state index is 0.127. The maximum Gasteiger partial charge on any atom is 0.490 e. The van der Waals surface area contributed by atoms with Crippen LogP contribution in [0.2, 0.25) is 0 Å². The first kappa shape index (κ1) is 22.4. The quantitative estimate of drug-likeness (QED) is 0.406. The van der Waals surface area contributed by atoms with Gasteiger partial charge in [-0.2, -0.15) is 0 Å². The SMILES string of the molecule is C=C(C)C1=CC(C(=O)OC)(C(=O)OC)C/C1=C(/CC)B1OC(C)(C)C(C)(C)O1. The highest BCUT2D eigenvalue weighted by Gasteiger charge is 2.56. The lowest BCUT2D eigenvalue weighted by molar-refractivity contribution is -0.164. The predicted octanol–water partition coefficient (Wildman–Crippen LogP) is 3.56. The van der Waals surface area contributed by atoms with Crippen LogP contribution in [0.4, 0.5) is 0 Å². The Bertz CT molecular complexity index is 727. The highest BCUT2D eigenvalue weighted by molar-refractivity contribution is 6.55. The first-order chi connectivity index (χ1) is 12.9. The van der Waals surface area contributed by atoms with E-state index in [0.717, 1.165) is 22.2 Å². The van der Waals surface area contributed by atoms with Gasteiger partial charge in [0.05, 0.1) is 25.4 Å². The molecule has 0 aromatic heterocycles.